The lowest BCUT2D eigenvalue weighted by molar-refractivity contribution is -0.422. The fourth-order valence-corrected chi connectivity index (χ4v) is 1.87. The summed E-state index contributed by atoms with van der Waals surface area (Å²) < 4.78 is 22.6. The number of hydrogen-bond donors (Lipinski definition) is 0. The summed E-state index contributed by atoms with van der Waals surface area (Å²) in [6.45, 7) is 0.221. The molecule has 0 aromatic heterocycles. The summed E-state index contributed by atoms with van der Waals surface area (Å²) in [4.78, 5) is 79.0. The van der Waals surface area contributed by atoms with Crippen molar-refractivity contribution in [3.05, 3.63) is 0 Å². The van der Waals surface area contributed by atoms with E-state index in [-0.39, 0.29) is 45.2 Å². The van der Waals surface area contributed by atoms with Crippen LogP contribution in [0, 0.1) is 0 Å². The zero-order valence-corrected chi connectivity index (χ0v) is 17.3. The van der Waals surface area contributed by atoms with Crippen molar-refractivity contribution in [2.24, 2.45) is 0 Å². The summed E-state index contributed by atoms with van der Waals surface area (Å²) in [5, 5.41) is 0.760. The monoisotopic (exact) mass is 466 g/mol. The molecule has 0 radical (unpaired) electrons. The van der Waals surface area contributed by atoms with Crippen molar-refractivity contribution in [2.75, 3.05) is 34.3 Å². The van der Waals surface area contributed by atoms with Crippen molar-refractivity contribution in [2.45, 2.75) is 32.6 Å². The van der Waals surface area contributed by atoms with Crippen LogP contribution in [0.5, 0.6) is 0 Å². The average Bonchev–Trinajstić information content (AvgIpc) is 3.24. The summed E-state index contributed by atoms with van der Waals surface area (Å²) in [7, 11) is 1.49. The van der Waals surface area contributed by atoms with E-state index in [1.54, 1.807) is 0 Å². The van der Waals surface area contributed by atoms with Gasteiger partial charge in [0, 0.05) is 39.7 Å². The predicted molar refractivity (Wildman–Crippen MR) is 92.3 cm³/mol. The van der Waals surface area contributed by atoms with Crippen LogP contribution in [0.2, 0.25) is 0 Å². The topological polar surface area (TPSA) is 183 Å². The summed E-state index contributed by atoms with van der Waals surface area (Å²) in [5.41, 5.74) is 0. The van der Waals surface area contributed by atoms with Gasteiger partial charge in [-0.2, -0.15) is 4.89 Å². The Morgan fingerprint density at radius 2 is 1.25 bits per heavy atom. The second-order valence-electron chi connectivity index (χ2n) is 5.65. The van der Waals surface area contributed by atoms with E-state index in [0.717, 1.165) is 0 Å². The van der Waals surface area contributed by atoms with Crippen molar-refractivity contribution >= 4 is 35.8 Å². The van der Waals surface area contributed by atoms with Crippen molar-refractivity contribution < 1.29 is 67.2 Å². The average molecular weight is 466 g/mol. The molecule has 2 saturated heterocycles. The number of hydrogen-bond acceptors (Lipinski definition) is 14. The molecule has 16 heteroatoms. The molecule has 0 aliphatic carbocycles. The van der Waals surface area contributed by atoms with Gasteiger partial charge in [0.25, 0.3) is 23.6 Å². The molecule has 2 heterocycles. The van der Waals surface area contributed by atoms with Crippen LogP contribution in [-0.2, 0) is 62.4 Å². The zero-order valence-electron chi connectivity index (χ0n) is 17.3. The first-order valence-corrected chi connectivity index (χ1v) is 8.90. The largest absolute Gasteiger partial charge is 0.536 e. The standard InChI is InChI=1S/C11H12N2O10.C5H10O4/c14-7-1-2-8(15)12(7)22-11(18)20-5-19-6-21-23-13-9(16)3-4-10(13)17;1-5(6)9-4-8-3-7-2/h1-6H2;3-4H2,1-2H3. The predicted octanol–water partition coefficient (Wildman–Crippen LogP) is -0.725. The van der Waals surface area contributed by atoms with Gasteiger partial charge in [-0.15, -0.1) is 5.06 Å². The molecule has 2 fully saturated rings. The van der Waals surface area contributed by atoms with Gasteiger partial charge in [-0.25, -0.2) is 4.79 Å². The highest BCUT2D eigenvalue weighted by Gasteiger charge is 2.33. The van der Waals surface area contributed by atoms with Gasteiger partial charge in [-0.3, -0.25) is 28.8 Å². The summed E-state index contributed by atoms with van der Waals surface area (Å²) in [6, 6.07) is 0. The number of methoxy groups -OCH3 is 1. The summed E-state index contributed by atoms with van der Waals surface area (Å²) in [5.74, 6) is -2.75. The third-order valence-electron chi connectivity index (χ3n) is 3.24. The van der Waals surface area contributed by atoms with Crippen molar-refractivity contribution in [3.63, 3.8) is 0 Å². The van der Waals surface area contributed by atoms with Crippen LogP contribution >= 0.6 is 0 Å². The van der Waals surface area contributed by atoms with E-state index in [2.05, 4.69) is 38.4 Å². The first kappa shape index (κ1) is 26.9. The van der Waals surface area contributed by atoms with Gasteiger partial charge in [-0.05, 0) is 0 Å². The zero-order chi connectivity index (χ0) is 23.9. The summed E-state index contributed by atoms with van der Waals surface area (Å²) >= 11 is 0. The molecular weight excluding hydrogens is 444 g/mol. The van der Waals surface area contributed by atoms with E-state index >= 15 is 0 Å². The molecule has 0 bridgehead atoms. The molecule has 0 unspecified atom stereocenters. The molecule has 0 atom stereocenters. The molecule has 0 aromatic rings. The maximum Gasteiger partial charge on any atom is 0.536 e. The molecule has 0 N–H and O–H groups in total. The highest BCUT2D eigenvalue weighted by molar-refractivity contribution is 6.01. The third-order valence-corrected chi connectivity index (χ3v) is 3.24. The number of carbonyl (C=O) groups excluding carboxylic acids is 6. The molecular formula is C16H22N2O14. The molecule has 2 aliphatic heterocycles. The van der Waals surface area contributed by atoms with Crippen LogP contribution in [0.4, 0.5) is 4.79 Å². The van der Waals surface area contributed by atoms with Crippen molar-refractivity contribution in [1.29, 1.82) is 0 Å². The van der Waals surface area contributed by atoms with E-state index in [1.165, 1.54) is 14.0 Å². The third kappa shape index (κ3) is 10.2. The van der Waals surface area contributed by atoms with E-state index in [1.807, 2.05) is 0 Å². The van der Waals surface area contributed by atoms with Crippen molar-refractivity contribution in [1.82, 2.24) is 10.1 Å². The number of ether oxygens (including phenoxy) is 5. The Labute approximate surface area is 180 Å². The maximum absolute atomic E-state index is 11.2. The number of hydroxylamine groups is 4. The van der Waals surface area contributed by atoms with Gasteiger partial charge < -0.3 is 23.7 Å². The van der Waals surface area contributed by atoms with Gasteiger partial charge in [0.05, 0.1) is 0 Å². The molecule has 0 saturated carbocycles. The minimum absolute atomic E-state index is 0.0337. The van der Waals surface area contributed by atoms with Gasteiger partial charge in [-0.1, -0.05) is 10.1 Å². The fourth-order valence-electron chi connectivity index (χ4n) is 1.87. The minimum atomic E-state index is -1.32. The molecule has 0 aromatic carbocycles. The van der Waals surface area contributed by atoms with Crippen molar-refractivity contribution in [3.8, 4) is 0 Å². The van der Waals surface area contributed by atoms with E-state index in [4.69, 9.17) is 0 Å². The van der Waals surface area contributed by atoms with Gasteiger partial charge in [0.2, 0.25) is 0 Å². The molecule has 32 heavy (non-hydrogen) atoms. The van der Waals surface area contributed by atoms with Crippen LogP contribution in [0.3, 0.4) is 0 Å². The molecule has 0 spiro atoms. The second-order valence-corrected chi connectivity index (χ2v) is 5.65. The lowest BCUT2D eigenvalue weighted by Crippen LogP contribution is -2.32. The first-order valence-electron chi connectivity index (χ1n) is 8.90. The molecule has 2 rings (SSSR count). The smallest absolute Gasteiger partial charge is 0.439 e. The highest BCUT2D eigenvalue weighted by Crippen LogP contribution is 2.13. The highest BCUT2D eigenvalue weighted by atomic mass is 17.3. The molecule has 2 aliphatic rings. The lowest BCUT2D eigenvalue weighted by atomic mass is 10.4. The Morgan fingerprint density at radius 3 is 1.78 bits per heavy atom. The Balaban J connectivity index is 0.000000482. The van der Waals surface area contributed by atoms with Crippen LogP contribution in [0.25, 0.3) is 0 Å². The first-order chi connectivity index (χ1) is 15.3. The fraction of sp³-hybridized carbons (Fsp3) is 0.625. The van der Waals surface area contributed by atoms with E-state index < -0.39 is 43.4 Å². The van der Waals surface area contributed by atoms with Gasteiger partial charge >= 0.3 is 12.1 Å². The SMILES string of the molecule is COCOCOC(C)=O.O=C(OCOCOON1C(=O)CCC1=O)ON1C(=O)CCC1=O. The van der Waals surface area contributed by atoms with Gasteiger partial charge in [0.15, 0.2) is 20.4 Å². The number of amides is 4. The maximum atomic E-state index is 11.2. The molecule has 16 nitrogen and oxygen atoms in total. The number of nitrogens with zero attached hydrogens (tertiary/aromatic N) is 2. The van der Waals surface area contributed by atoms with Crippen LogP contribution in [0.1, 0.15) is 32.6 Å². The Morgan fingerprint density at radius 1 is 0.750 bits per heavy atom. The molecule has 4 amide bonds. The van der Waals surface area contributed by atoms with Gasteiger partial charge in [0.1, 0.15) is 6.79 Å². The number of imide groups is 2. The second kappa shape index (κ2) is 14.8. The van der Waals surface area contributed by atoms with Crippen LogP contribution in [0.15, 0.2) is 0 Å². The Kier molecular flexibility index (Phi) is 12.4. The van der Waals surface area contributed by atoms with Crippen LogP contribution < -0.4 is 0 Å². The lowest BCUT2D eigenvalue weighted by Gasteiger charge is -2.13. The Hall–Kier alpha value is -3.18. The number of rotatable bonds is 11. The summed E-state index contributed by atoms with van der Waals surface area (Å²) in [6.07, 6.45) is -1.33. The van der Waals surface area contributed by atoms with E-state index in [0.29, 0.717) is 10.1 Å². The quantitative estimate of drug-likeness (QED) is 0.0927. The van der Waals surface area contributed by atoms with E-state index in [9.17, 15) is 28.8 Å². The van der Waals surface area contributed by atoms with Crippen LogP contribution in [-0.4, -0.2) is 80.2 Å². The number of esters is 1. The Bertz CT molecular complexity index is 664. The molecule has 180 valence electrons. The normalized spacial score (nSPS) is 15.6. The number of carbonyl (C=O) groups is 6. The minimum Gasteiger partial charge on any atom is -0.439 e.